The smallest absolute Gasteiger partial charge is 0.257 e. The molecule has 4 rings (SSSR count). The Hall–Kier alpha value is -2.71. The van der Waals surface area contributed by atoms with Crippen molar-refractivity contribution in [2.45, 2.75) is 32.1 Å². The van der Waals surface area contributed by atoms with E-state index in [0.29, 0.717) is 24.5 Å². The molecule has 1 N–H and O–H groups in total. The number of benzene rings is 1. The van der Waals surface area contributed by atoms with Gasteiger partial charge in [-0.1, -0.05) is 19.1 Å². The number of aromatic nitrogens is 2. The van der Waals surface area contributed by atoms with Gasteiger partial charge in [0.1, 0.15) is 24.0 Å². The molecule has 0 spiro atoms. The Kier molecular flexibility index (Phi) is 7.45. The zero-order valence-corrected chi connectivity index (χ0v) is 20.0. The summed E-state index contributed by atoms with van der Waals surface area (Å²) in [6, 6.07) is 9.58. The molecule has 2 fully saturated rings. The van der Waals surface area contributed by atoms with E-state index in [9.17, 15) is 4.79 Å². The lowest BCUT2D eigenvalue weighted by molar-refractivity contribution is 0.0321. The van der Waals surface area contributed by atoms with Crippen molar-refractivity contribution in [3.63, 3.8) is 0 Å². The molecule has 2 aromatic rings. The van der Waals surface area contributed by atoms with Gasteiger partial charge in [-0.25, -0.2) is 9.97 Å². The van der Waals surface area contributed by atoms with Crippen LogP contribution in [0.2, 0.25) is 0 Å². The third kappa shape index (κ3) is 5.62. The van der Waals surface area contributed by atoms with Crippen LogP contribution in [0.4, 0.5) is 5.82 Å². The number of anilines is 1. The van der Waals surface area contributed by atoms with E-state index in [1.807, 2.05) is 49.2 Å². The molecule has 1 aromatic carbocycles. The number of amides is 1. The fourth-order valence-corrected chi connectivity index (χ4v) is 4.68. The van der Waals surface area contributed by atoms with E-state index in [1.165, 1.54) is 0 Å². The highest BCUT2D eigenvalue weighted by Crippen LogP contribution is 2.34. The molecule has 2 aliphatic rings. The fourth-order valence-electron chi connectivity index (χ4n) is 4.68. The van der Waals surface area contributed by atoms with E-state index < -0.39 is 0 Å². The molecule has 0 aliphatic carbocycles. The largest absolute Gasteiger partial charge is 0.491 e. The van der Waals surface area contributed by atoms with Crippen LogP contribution in [0.3, 0.4) is 0 Å². The number of hydrogen-bond acceptors (Lipinski definition) is 7. The lowest BCUT2D eigenvalue weighted by Gasteiger charge is -2.40. The van der Waals surface area contributed by atoms with Crippen LogP contribution in [0.1, 0.15) is 41.6 Å². The Balaban J connectivity index is 1.46. The van der Waals surface area contributed by atoms with Crippen LogP contribution < -0.4 is 10.1 Å². The Morgan fingerprint density at radius 2 is 2.00 bits per heavy atom. The third-order valence-electron chi connectivity index (χ3n) is 6.58. The maximum Gasteiger partial charge on any atom is 0.257 e. The average Bonchev–Trinajstić information content (AvgIpc) is 2.84. The second-order valence-corrected chi connectivity index (χ2v) is 9.13. The molecule has 2 aliphatic heterocycles. The van der Waals surface area contributed by atoms with Crippen molar-refractivity contribution in [2.24, 2.45) is 0 Å². The van der Waals surface area contributed by atoms with E-state index in [-0.39, 0.29) is 11.3 Å². The Morgan fingerprint density at radius 3 is 2.79 bits per heavy atom. The zero-order valence-electron chi connectivity index (χ0n) is 20.0. The molecule has 0 bridgehead atoms. The topological polar surface area (TPSA) is 79.8 Å². The number of piperidine rings is 1. The van der Waals surface area contributed by atoms with Crippen molar-refractivity contribution in [3.8, 4) is 5.75 Å². The maximum absolute atomic E-state index is 13.6. The number of nitrogens with one attached hydrogen (secondary N) is 1. The summed E-state index contributed by atoms with van der Waals surface area (Å²) in [4.78, 5) is 27.0. The first-order chi connectivity index (χ1) is 16.0. The molecule has 33 heavy (non-hydrogen) atoms. The van der Waals surface area contributed by atoms with E-state index >= 15 is 0 Å². The highest BCUT2D eigenvalue weighted by atomic mass is 16.5. The van der Waals surface area contributed by atoms with Gasteiger partial charge >= 0.3 is 0 Å². The van der Waals surface area contributed by atoms with Crippen molar-refractivity contribution >= 4 is 11.7 Å². The molecule has 3 heterocycles. The number of morpholine rings is 1. The van der Waals surface area contributed by atoms with Crippen LogP contribution in [0.15, 0.2) is 30.3 Å². The van der Waals surface area contributed by atoms with E-state index in [0.717, 1.165) is 69.6 Å². The van der Waals surface area contributed by atoms with Crippen LogP contribution in [0, 0.1) is 6.92 Å². The van der Waals surface area contributed by atoms with Gasteiger partial charge in [0, 0.05) is 51.3 Å². The minimum absolute atomic E-state index is 0.0162. The predicted molar refractivity (Wildman–Crippen MR) is 128 cm³/mol. The quantitative estimate of drug-likeness (QED) is 0.690. The highest BCUT2D eigenvalue weighted by Gasteiger charge is 2.37. The highest BCUT2D eigenvalue weighted by molar-refractivity contribution is 5.97. The molecule has 0 unspecified atom stereocenters. The molecular formula is C25H35N5O3. The minimum Gasteiger partial charge on any atom is -0.491 e. The molecule has 8 heteroatoms. The van der Waals surface area contributed by atoms with Crippen LogP contribution in [0.25, 0.3) is 0 Å². The van der Waals surface area contributed by atoms with Gasteiger partial charge in [0.2, 0.25) is 0 Å². The minimum atomic E-state index is -0.223. The first-order valence-electron chi connectivity index (χ1n) is 11.8. The Morgan fingerprint density at radius 1 is 1.21 bits per heavy atom. The van der Waals surface area contributed by atoms with Crippen molar-refractivity contribution in [1.82, 2.24) is 19.8 Å². The predicted octanol–water partition coefficient (Wildman–Crippen LogP) is 2.73. The van der Waals surface area contributed by atoms with Crippen molar-refractivity contribution in [2.75, 3.05) is 64.9 Å². The molecule has 1 atom stereocenters. The van der Waals surface area contributed by atoms with Crippen LogP contribution >= 0.6 is 0 Å². The Labute approximate surface area is 196 Å². The molecule has 0 radical (unpaired) electrons. The standard InChI is InChI=1S/C25H35N5O3/c1-19-27-22(17-23(26-3)28-19)25(2)9-6-10-30(18-25)24(31)20-7-4-5-8-21(20)33-16-13-29-11-14-32-15-12-29/h4-5,7-8,17H,6,9-16,18H2,1-3H3,(H,26,27,28)/t25-/m0/s1. The van der Waals surface area contributed by atoms with E-state index in [2.05, 4.69) is 22.1 Å². The van der Waals surface area contributed by atoms with E-state index in [1.54, 1.807) is 0 Å². The molecular weight excluding hydrogens is 418 g/mol. The summed E-state index contributed by atoms with van der Waals surface area (Å²) in [6.45, 7) is 10.2. The lowest BCUT2D eigenvalue weighted by atomic mass is 9.78. The summed E-state index contributed by atoms with van der Waals surface area (Å²) in [5.41, 5.74) is 1.38. The van der Waals surface area contributed by atoms with Gasteiger partial charge in [-0.05, 0) is 31.9 Å². The van der Waals surface area contributed by atoms with Gasteiger partial charge in [-0.3, -0.25) is 9.69 Å². The van der Waals surface area contributed by atoms with Crippen LogP contribution in [-0.4, -0.2) is 85.3 Å². The van der Waals surface area contributed by atoms with Crippen molar-refractivity contribution in [1.29, 1.82) is 0 Å². The molecule has 1 amide bonds. The fraction of sp³-hybridized carbons (Fsp3) is 0.560. The van der Waals surface area contributed by atoms with Crippen molar-refractivity contribution < 1.29 is 14.3 Å². The van der Waals surface area contributed by atoms with Gasteiger partial charge in [0.15, 0.2) is 0 Å². The maximum atomic E-state index is 13.6. The van der Waals surface area contributed by atoms with Gasteiger partial charge in [-0.2, -0.15) is 0 Å². The number of para-hydroxylation sites is 1. The average molecular weight is 454 g/mol. The lowest BCUT2D eigenvalue weighted by Crippen LogP contribution is -2.47. The van der Waals surface area contributed by atoms with Crippen molar-refractivity contribution in [3.05, 3.63) is 47.4 Å². The summed E-state index contributed by atoms with van der Waals surface area (Å²) in [6.07, 6.45) is 1.91. The number of nitrogens with zero attached hydrogens (tertiary/aromatic N) is 4. The number of carbonyl (C=O) groups excluding carboxylic acids is 1. The number of hydrogen-bond donors (Lipinski definition) is 1. The first-order valence-corrected chi connectivity index (χ1v) is 11.8. The molecule has 178 valence electrons. The SMILES string of the molecule is CNc1cc([C@@]2(C)CCCN(C(=O)c3ccccc3OCCN3CCOCC3)C2)nc(C)n1. The summed E-state index contributed by atoms with van der Waals surface area (Å²) in [5, 5.41) is 3.12. The number of rotatable bonds is 7. The third-order valence-corrected chi connectivity index (χ3v) is 6.58. The van der Waals surface area contributed by atoms with Crippen LogP contribution in [-0.2, 0) is 10.2 Å². The normalized spacial score (nSPS) is 21.6. The second kappa shape index (κ2) is 10.5. The molecule has 1 aromatic heterocycles. The van der Waals surface area contributed by atoms with E-state index in [4.69, 9.17) is 14.5 Å². The summed E-state index contributed by atoms with van der Waals surface area (Å²) in [5.74, 6) is 2.21. The number of likely N-dealkylation sites (tertiary alicyclic amines) is 1. The molecule has 8 nitrogen and oxygen atoms in total. The molecule has 0 saturated carbocycles. The van der Waals surface area contributed by atoms with Gasteiger partial charge in [0.05, 0.1) is 24.5 Å². The Bertz CT molecular complexity index is 963. The monoisotopic (exact) mass is 453 g/mol. The summed E-state index contributed by atoms with van der Waals surface area (Å²) >= 11 is 0. The number of ether oxygens (including phenoxy) is 2. The second-order valence-electron chi connectivity index (χ2n) is 9.13. The van der Waals surface area contributed by atoms with Gasteiger partial charge in [-0.15, -0.1) is 0 Å². The first kappa shape index (κ1) is 23.4. The van der Waals surface area contributed by atoms with Crippen LogP contribution in [0.5, 0.6) is 5.75 Å². The summed E-state index contributed by atoms with van der Waals surface area (Å²) in [7, 11) is 1.86. The molecule has 2 saturated heterocycles. The van der Waals surface area contributed by atoms with Gasteiger partial charge in [0.25, 0.3) is 5.91 Å². The summed E-state index contributed by atoms with van der Waals surface area (Å²) < 4.78 is 11.5. The zero-order chi connectivity index (χ0) is 23.3. The number of carbonyl (C=O) groups is 1. The van der Waals surface area contributed by atoms with Gasteiger partial charge < -0.3 is 19.7 Å². The number of aryl methyl sites for hydroxylation is 1.